The molecule has 3 rings (SSSR count). The third-order valence-corrected chi connectivity index (χ3v) is 3.48. The standard InChI is InChI=1S/C18H18N2O5/c1-12(21)20-14-4-2-3-5-15(14)23-10-18(22)19-9-13-6-7-16-17(8-13)25-11-24-16/h2-8H,9-11H2,1H3,(H,19,22)(H,20,21). The predicted molar refractivity (Wildman–Crippen MR) is 90.7 cm³/mol. The second kappa shape index (κ2) is 7.57. The maximum Gasteiger partial charge on any atom is 0.258 e. The fraction of sp³-hybridized carbons (Fsp3) is 0.222. The third-order valence-electron chi connectivity index (χ3n) is 3.48. The maximum absolute atomic E-state index is 12.0. The molecule has 130 valence electrons. The van der Waals surface area contributed by atoms with Crippen molar-refractivity contribution in [2.24, 2.45) is 0 Å². The van der Waals surface area contributed by atoms with Gasteiger partial charge in [-0.1, -0.05) is 18.2 Å². The molecule has 1 aliphatic rings. The van der Waals surface area contributed by atoms with Gasteiger partial charge in [-0.15, -0.1) is 0 Å². The summed E-state index contributed by atoms with van der Waals surface area (Å²) in [5, 5.41) is 5.43. The Morgan fingerprint density at radius 3 is 2.76 bits per heavy atom. The van der Waals surface area contributed by atoms with Gasteiger partial charge in [0.15, 0.2) is 18.1 Å². The molecule has 0 aliphatic carbocycles. The van der Waals surface area contributed by atoms with Gasteiger partial charge in [-0.2, -0.15) is 0 Å². The van der Waals surface area contributed by atoms with Gasteiger partial charge < -0.3 is 24.8 Å². The molecule has 0 spiro atoms. The molecule has 0 saturated carbocycles. The third kappa shape index (κ3) is 4.41. The molecule has 0 fully saturated rings. The lowest BCUT2D eigenvalue weighted by Gasteiger charge is -2.11. The van der Waals surface area contributed by atoms with E-state index < -0.39 is 0 Å². The summed E-state index contributed by atoms with van der Waals surface area (Å²) in [6, 6.07) is 12.4. The number of fused-ring (bicyclic) bond motifs is 1. The van der Waals surface area contributed by atoms with Crippen LogP contribution in [0.4, 0.5) is 5.69 Å². The zero-order valence-electron chi connectivity index (χ0n) is 13.7. The largest absolute Gasteiger partial charge is 0.482 e. The quantitative estimate of drug-likeness (QED) is 0.839. The predicted octanol–water partition coefficient (Wildman–Crippen LogP) is 2.07. The highest BCUT2D eigenvalue weighted by Crippen LogP contribution is 2.32. The highest BCUT2D eigenvalue weighted by atomic mass is 16.7. The lowest BCUT2D eigenvalue weighted by Crippen LogP contribution is -2.28. The molecule has 0 radical (unpaired) electrons. The van der Waals surface area contributed by atoms with Crippen molar-refractivity contribution in [2.75, 3.05) is 18.7 Å². The summed E-state index contributed by atoms with van der Waals surface area (Å²) in [6.45, 7) is 1.83. The molecule has 0 unspecified atom stereocenters. The van der Waals surface area contributed by atoms with Crippen LogP contribution in [0.25, 0.3) is 0 Å². The zero-order chi connectivity index (χ0) is 17.6. The van der Waals surface area contributed by atoms with Gasteiger partial charge in [0.1, 0.15) is 5.75 Å². The Kier molecular flexibility index (Phi) is 5.03. The summed E-state index contributed by atoms with van der Waals surface area (Å²) >= 11 is 0. The van der Waals surface area contributed by atoms with Gasteiger partial charge in [-0.05, 0) is 29.8 Å². The Morgan fingerprint density at radius 1 is 1.12 bits per heavy atom. The van der Waals surface area contributed by atoms with E-state index in [4.69, 9.17) is 14.2 Å². The monoisotopic (exact) mass is 342 g/mol. The Bertz CT molecular complexity index is 791. The van der Waals surface area contributed by atoms with E-state index in [1.54, 1.807) is 24.3 Å². The van der Waals surface area contributed by atoms with Crippen LogP contribution in [0, 0.1) is 0 Å². The van der Waals surface area contributed by atoms with Gasteiger partial charge in [0.2, 0.25) is 12.7 Å². The average molecular weight is 342 g/mol. The van der Waals surface area contributed by atoms with Crippen LogP contribution < -0.4 is 24.8 Å². The lowest BCUT2D eigenvalue weighted by molar-refractivity contribution is -0.123. The van der Waals surface area contributed by atoms with E-state index in [2.05, 4.69) is 10.6 Å². The molecule has 1 heterocycles. The van der Waals surface area contributed by atoms with E-state index in [9.17, 15) is 9.59 Å². The second-order valence-corrected chi connectivity index (χ2v) is 5.43. The van der Waals surface area contributed by atoms with Gasteiger partial charge in [-0.25, -0.2) is 0 Å². The topological polar surface area (TPSA) is 85.9 Å². The first-order chi connectivity index (χ1) is 12.1. The van der Waals surface area contributed by atoms with Crippen molar-refractivity contribution < 1.29 is 23.8 Å². The van der Waals surface area contributed by atoms with Gasteiger partial charge >= 0.3 is 0 Å². The zero-order valence-corrected chi connectivity index (χ0v) is 13.7. The molecule has 7 nitrogen and oxygen atoms in total. The van der Waals surface area contributed by atoms with Crippen LogP contribution in [-0.4, -0.2) is 25.2 Å². The summed E-state index contributed by atoms with van der Waals surface area (Å²) in [7, 11) is 0. The minimum atomic E-state index is -0.268. The molecule has 2 amide bonds. The molecule has 2 aromatic rings. The fourth-order valence-electron chi connectivity index (χ4n) is 2.33. The van der Waals surface area contributed by atoms with Gasteiger partial charge in [0.25, 0.3) is 5.91 Å². The van der Waals surface area contributed by atoms with Crippen molar-refractivity contribution in [2.45, 2.75) is 13.5 Å². The number of hydrogen-bond acceptors (Lipinski definition) is 5. The molecule has 25 heavy (non-hydrogen) atoms. The highest BCUT2D eigenvalue weighted by molar-refractivity contribution is 5.90. The molecule has 0 saturated heterocycles. The summed E-state index contributed by atoms with van der Waals surface area (Å²) in [6.07, 6.45) is 0. The van der Waals surface area contributed by atoms with Crippen LogP contribution in [0.5, 0.6) is 17.2 Å². The smallest absolute Gasteiger partial charge is 0.258 e. The van der Waals surface area contributed by atoms with Crippen LogP contribution in [0.1, 0.15) is 12.5 Å². The van der Waals surface area contributed by atoms with E-state index in [1.807, 2.05) is 18.2 Å². The van der Waals surface area contributed by atoms with Gasteiger partial charge in [-0.3, -0.25) is 9.59 Å². The number of anilines is 1. The highest BCUT2D eigenvalue weighted by Gasteiger charge is 2.13. The number of para-hydroxylation sites is 2. The molecule has 0 atom stereocenters. The van der Waals surface area contributed by atoms with Crippen LogP contribution in [0.2, 0.25) is 0 Å². The van der Waals surface area contributed by atoms with Crippen molar-refractivity contribution in [1.82, 2.24) is 5.32 Å². The number of carbonyl (C=O) groups is 2. The second-order valence-electron chi connectivity index (χ2n) is 5.43. The molecular formula is C18H18N2O5. The number of ether oxygens (including phenoxy) is 3. The average Bonchev–Trinajstić information content (AvgIpc) is 3.06. The lowest BCUT2D eigenvalue weighted by atomic mass is 10.2. The molecule has 0 bridgehead atoms. The van der Waals surface area contributed by atoms with Crippen LogP contribution in [-0.2, 0) is 16.1 Å². The van der Waals surface area contributed by atoms with E-state index >= 15 is 0 Å². The van der Waals surface area contributed by atoms with Crippen molar-refractivity contribution in [3.63, 3.8) is 0 Å². The van der Waals surface area contributed by atoms with E-state index in [-0.39, 0.29) is 25.2 Å². The summed E-state index contributed by atoms with van der Waals surface area (Å²) in [5.41, 5.74) is 1.43. The number of nitrogens with one attached hydrogen (secondary N) is 2. The van der Waals surface area contributed by atoms with E-state index in [0.717, 1.165) is 5.56 Å². The molecule has 0 aromatic heterocycles. The van der Waals surface area contributed by atoms with Crippen LogP contribution in [0.15, 0.2) is 42.5 Å². The van der Waals surface area contributed by atoms with E-state index in [0.29, 0.717) is 29.5 Å². The Balaban J connectivity index is 1.51. The summed E-state index contributed by atoms with van der Waals surface area (Å²) in [4.78, 5) is 23.2. The Hall–Kier alpha value is -3.22. The van der Waals surface area contributed by atoms with Crippen LogP contribution >= 0.6 is 0 Å². The van der Waals surface area contributed by atoms with Crippen molar-refractivity contribution in [3.8, 4) is 17.2 Å². The van der Waals surface area contributed by atoms with Crippen molar-refractivity contribution in [3.05, 3.63) is 48.0 Å². The first-order valence-corrected chi connectivity index (χ1v) is 7.76. The maximum atomic E-state index is 12.0. The first-order valence-electron chi connectivity index (χ1n) is 7.76. The molecule has 2 aromatic carbocycles. The SMILES string of the molecule is CC(=O)Nc1ccccc1OCC(=O)NCc1ccc2c(c1)OCO2. The fourth-order valence-corrected chi connectivity index (χ4v) is 2.33. The van der Waals surface area contributed by atoms with Crippen molar-refractivity contribution in [1.29, 1.82) is 0 Å². The van der Waals surface area contributed by atoms with Gasteiger partial charge in [0, 0.05) is 13.5 Å². The molecule has 2 N–H and O–H groups in total. The van der Waals surface area contributed by atoms with Crippen molar-refractivity contribution >= 4 is 17.5 Å². The number of amides is 2. The number of carbonyl (C=O) groups excluding carboxylic acids is 2. The molecule has 7 heteroatoms. The summed E-state index contributed by atoms with van der Waals surface area (Å²) < 4.78 is 16.0. The molecule has 1 aliphatic heterocycles. The minimum Gasteiger partial charge on any atom is -0.482 e. The number of benzene rings is 2. The number of hydrogen-bond donors (Lipinski definition) is 2. The first kappa shape index (κ1) is 16.6. The minimum absolute atomic E-state index is 0.152. The number of rotatable bonds is 6. The molecular weight excluding hydrogens is 324 g/mol. The van der Waals surface area contributed by atoms with E-state index in [1.165, 1.54) is 6.92 Å². The van der Waals surface area contributed by atoms with Gasteiger partial charge in [0.05, 0.1) is 5.69 Å². The Morgan fingerprint density at radius 2 is 1.92 bits per heavy atom. The normalized spacial score (nSPS) is 11.7. The Labute approximate surface area is 144 Å². The summed E-state index contributed by atoms with van der Waals surface area (Å²) in [5.74, 6) is 1.34. The van der Waals surface area contributed by atoms with Crippen LogP contribution in [0.3, 0.4) is 0 Å².